The third kappa shape index (κ3) is 7.70. The van der Waals surface area contributed by atoms with Gasteiger partial charge in [-0.05, 0) is 54.2 Å². The molecule has 0 aliphatic carbocycles. The highest BCUT2D eigenvalue weighted by molar-refractivity contribution is 5.89. The summed E-state index contributed by atoms with van der Waals surface area (Å²) in [5, 5.41) is 3.07. The molecule has 0 aliphatic rings. The zero-order chi connectivity index (χ0) is 26.1. The zero-order valence-electron chi connectivity index (χ0n) is 22.1. The first-order valence-electron chi connectivity index (χ1n) is 12.6. The van der Waals surface area contributed by atoms with Crippen LogP contribution >= 0.6 is 0 Å². The smallest absolute Gasteiger partial charge is 0.243 e. The van der Waals surface area contributed by atoms with E-state index in [1.807, 2.05) is 74.5 Å². The average Bonchev–Trinajstić information content (AvgIpc) is 2.87. The Bertz CT molecular complexity index is 1160. The van der Waals surface area contributed by atoms with Crippen molar-refractivity contribution in [3.63, 3.8) is 0 Å². The van der Waals surface area contributed by atoms with Crippen LogP contribution in [0.2, 0.25) is 0 Å². The van der Waals surface area contributed by atoms with Gasteiger partial charge in [-0.3, -0.25) is 9.59 Å². The Morgan fingerprint density at radius 3 is 2.33 bits per heavy atom. The van der Waals surface area contributed by atoms with E-state index in [4.69, 9.17) is 4.74 Å². The maximum atomic E-state index is 13.9. The summed E-state index contributed by atoms with van der Waals surface area (Å²) < 4.78 is 5.41. The van der Waals surface area contributed by atoms with Crippen molar-refractivity contribution in [2.45, 2.75) is 53.1 Å². The van der Waals surface area contributed by atoms with Crippen LogP contribution < -0.4 is 10.1 Å². The molecule has 190 valence electrons. The monoisotopic (exact) mass is 486 g/mol. The molecule has 3 rings (SSSR count). The van der Waals surface area contributed by atoms with Gasteiger partial charge in [0.15, 0.2) is 0 Å². The molecule has 5 nitrogen and oxygen atoms in total. The number of aryl methyl sites for hydroxylation is 2. The predicted octanol–water partition coefficient (Wildman–Crippen LogP) is 5.27. The maximum absolute atomic E-state index is 13.9. The van der Waals surface area contributed by atoms with Gasteiger partial charge >= 0.3 is 0 Å². The molecule has 0 aliphatic heterocycles. The van der Waals surface area contributed by atoms with Gasteiger partial charge in [-0.25, -0.2) is 0 Å². The van der Waals surface area contributed by atoms with Crippen molar-refractivity contribution in [3.8, 4) is 5.75 Å². The molecule has 3 aromatic carbocycles. The summed E-state index contributed by atoms with van der Waals surface area (Å²) in [4.78, 5) is 29.2. The molecule has 5 heteroatoms. The topological polar surface area (TPSA) is 58.6 Å². The highest BCUT2D eigenvalue weighted by atomic mass is 16.5. The van der Waals surface area contributed by atoms with Gasteiger partial charge in [0, 0.05) is 19.5 Å². The molecule has 0 bridgehead atoms. The molecule has 1 N–H and O–H groups in total. The number of hydrogen-bond donors (Lipinski definition) is 1. The molecular weight excluding hydrogens is 448 g/mol. The summed E-state index contributed by atoms with van der Waals surface area (Å²) in [6.07, 6.45) is 0.674. The van der Waals surface area contributed by atoms with Gasteiger partial charge in [-0.15, -0.1) is 0 Å². The number of nitrogens with one attached hydrogen (secondary N) is 1. The van der Waals surface area contributed by atoms with Crippen LogP contribution in [0.25, 0.3) is 0 Å². The third-order valence-corrected chi connectivity index (χ3v) is 6.29. The van der Waals surface area contributed by atoms with Crippen LogP contribution in [0.1, 0.15) is 41.7 Å². The van der Waals surface area contributed by atoms with E-state index in [2.05, 4.69) is 31.3 Å². The summed E-state index contributed by atoms with van der Waals surface area (Å²) in [5.41, 5.74) is 5.09. The van der Waals surface area contributed by atoms with Crippen molar-refractivity contribution in [2.75, 3.05) is 13.7 Å². The van der Waals surface area contributed by atoms with Gasteiger partial charge in [0.2, 0.25) is 11.8 Å². The lowest BCUT2D eigenvalue weighted by molar-refractivity contribution is -0.140. The Kier molecular flexibility index (Phi) is 9.69. The Balaban J connectivity index is 2.00. The fourth-order valence-electron chi connectivity index (χ4n) is 4.20. The van der Waals surface area contributed by atoms with Crippen molar-refractivity contribution in [3.05, 3.63) is 101 Å². The summed E-state index contributed by atoms with van der Waals surface area (Å²) in [6.45, 7) is 9.04. The van der Waals surface area contributed by atoms with E-state index < -0.39 is 6.04 Å². The molecule has 0 spiro atoms. The first kappa shape index (κ1) is 27.0. The first-order valence-corrected chi connectivity index (χ1v) is 12.6. The molecule has 2 amide bonds. The lowest BCUT2D eigenvalue weighted by atomic mass is 9.99. The Labute approximate surface area is 215 Å². The highest BCUT2D eigenvalue weighted by Crippen LogP contribution is 2.20. The molecule has 0 saturated heterocycles. The number of rotatable bonds is 11. The van der Waals surface area contributed by atoms with Crippen LogP contribution in [-0.4, -0.2) is 36.4 Å². The summed E-state index contributed by atoms with van der Waals surface area (Å²) in [7, 11) is 1.63. The molecule has 0 aromatic heterocycles. The van der Waals surface area contributed by atoms with E-state index in [0.717, 1.165) is 33.6 Å². The molecule has 1 atom stereocenters. The molecule has 0 unspecified atom stereocenters. The molecule has 0 radical (unpaired) electrons. The summed E-state index contributed by atoms with van der Waals surface area (Å²) in [6, 6.07) is 23.1. The van der Waals surface area contributed by atoms with E-state index in [1.165, 1.54) is 0 Å². The van der Waals surface area contributed by atoms with Crippen LogP contribution in [0, 0.1) is 19.8 Å². The normalized spacial score (nSPS) is 11.7. The minimum atomic E-state index is -0.644. The number of benzene rings is 3. The fraction of sp³-hybridized carbons (Fsp3) is 0.355. The number of carbonyl (C=O) groups is 2. The molecule has 0 heterocycles. The molecule has 0 saturated carbocycles. The van der Waals surface area contributed by atoms with Crippen molar-refractivity contribution in [1.82, 2.24) is 10.2 Å². The van der Waals surface area contributed by atoms with E-state index in [1.54, 1.807) is 12.0 Å². The van der Waals surface area contributed by atoms with Gasteiger partial charge in [-0.1, -0.05) is 80.1 Å². The van der Waals surface area contributed by atoms with E-state index in [9.17, 15) is 9.59 Å². The Morgan fingerprint density at radius 1 is 0.917 bits per heavy atom. The second-order valence-corrected chi connectivity index (χ2v) is 9.82. The second kappa shape index (κ2) is 12.9. The minimum Gasteiger partial charge on any atom is -0.497 e. The molecule has 3 aromatic rings. The van der Waals surface area contributed by atoms with Crippen LogP contribution in [0.4, 0.5) is 0 Å². The SMILES string of the molecule is COc1cccc(CN(C(=O)Cc2cc(C)ccc2C)[C@H](Cc2ccccc2)C(=O)NCC(C)C)c1. The number of nitrogens with zero attached hydrogens (tertiary/aromatic N) is 1. The van der Waals surface area contributed by atoms with Gasteiger partial charge in [-0.2, -0.15) is 0 Å². The van der Waals surface area contributed by atoms with Gasteiger partial charge in [0.25, 0.3) is 0 Å². The maximum Gasteiger partial charge on any atom is 0.243 e. The van der Waals surface area contributed by atoms with E-state index >= 15 is 0 Å². The molecular formula is C31H38N2O3. The van der Waals surface area contributed by atoms with Crippen LogP contribution in [0.15, 0.2) is 72.8 Å². The van der Waals surface area contributed by atoms with Gasteiger partial charge in [0.1, 0.15) is 11.8 Å². The predicted molar refractivity (Wildman–Crippen MR) is 145 cm³/mol. The van der Waals surface area contributed by atoms with Crippen molar-refractivity contribution < 1.29 is 14.3 Å². The van der Waals surface area contributed by atoms with E-state index in [0.29, 0.717) is 25.4 Å². The quantitative estimate of drug-likeness (QED) is 0.402. The highest BCUT2D eigenvalue weighted by Gasteiger charge is 2.30. The van der Waals surface area contributed by atoms with Gasteiger partial charge in [0.05, 0.1) is 13.5 Å². The lowest BCUT2D eigenvalue weighted by Gasteiger charge is -2.32. The summed E-state index contributed by atoms with van der Waals surface area (Å²) >= 11 is 0. The van der Waals surface area contributed by atoms with Crippen LogP contribution in [-0.2, 0) is 29.0 Å². The van der Waals surface area contributed by atoms with Crippen LogP contribution in [0.5, 0.6) is 5.75 Å². The molecule has 36 heavy (non-hydrogen) atoms. The fourth-order valence-corrected chi connectivity index (χ4v) is 4.20. The standard InChI is InChI=1S/C31H38N2O3/c1-22(2)20-32-31(35)29(18-25-10-7-6-8-11-25)33(21-26-12-9-13-28(17-26)36-5)30(34)19-27-16-23(3)14-15-24(27)4/h6-17,22,29H,18-21H2,1-5H3,(H,32,35)/t29-/m1/s1. The van der Waals surface area contributed by atoms with Crippen LogP contribution in [0.3, 0.4) is 0 Å². The zero-order valence-corrected chi connectivity index (χ0v) is 22.1. The Hall–Kier alpha value is -3.60. The first-order chi connectivity index (χ1) is 17.3. The Morgan fingerprint density at radius 2 is 1.64 bits per heavy atom. The van der Waals surface area contributed by atoms with Crippen molar-refractivity contribution in [1.29, 1.82) is 0 Å². The number of hydrogen-bond acceptors (Lipinski definition) is 3. The number of amides is 2. The average molecular weight is 487 g/mol. The minimum absolute atomic E-state index is 0.0767. The summed E-state index contributed by atoms with van der Waals surface area (Å²) in [5.74, 6) is 0.819. The second-order valence-electron chi connectivity index (χ2n) is 9.82. The van der Waals surface area contributed by atoms with Crippen molar-refractivity contribution in [2.24, 2.45) is 5.92 Å². The number of ether oxygens (including phenoxy) is 1. The molecule has 0 fully saturated rings. The largest absolute Gasteiger partial charge is 0.497 e. The van der Waals surface area contributed by atoms with Crippen molar-refractivity contribution >= 4 is 11.8 Å². The lowest BCUT2D eigenvalue weighted by Crippen LogP contribution is -2.51. The van der Waals surface area contributed by atoms with Gasteiger partial charge < -0.3 is 15.0 Å². The number of methoxy groups -OCH3 is 1. The number of carbonyl (C=O) groups excluding carboxylic acids is 2. The van der Waals surface area contributed by atoms with E-state index in [-0.39, 0.29) is 18.2 Å². The third-order valence-electron chi connectivity index (χ3n) is 6.29.